The van der Waals surface area contributed by atoms with Gasteiger partial charge in [0.1, 0.15) is 5.75 Å². The van der Waals surface area contributed by atoms with Crippen molar-refractivity contribution in [1.29, 1.82) is 0 Å². The van der Waals surface area contributed by atoms with Gasteiger partial charge in [0, 0.05) is 9.50 Å². The smallest absolute Gasteiger partial charge is 0.122 e. The normalized spacial score (nSPS) is 15.3. The lowest BCUT2D eigenvalue weighted by Gasteiger charge is -2.20. The maximum atomic E-state index is 6.39. The number of rotatable bonds is 2. The van der Waals surface area contributed by atoms with E-state index in [1.807, 2.05) is 30.3 Å². The van der Waals surface area contributed by atoms with Crippen molar-refractivity contribution in [3.63, 3.8) is 0 Å². The number of aryl methyl sites for hydroxylation is 1. The van der Waals surface area contributed by atoms with Gasteiger partial charge in [0.2, 0.25) is 0 Å². The van der Waals surface area contributed by atoms with E-state index in [-0.39, 0.29) is 6.04 Å². The maximum absolute atomic E-state index is 6.39. The summed E-state index contributed by atoms with van der Waals surface area (Å²) in [6.45, 7) is 0.807. The van der Waals surface area contributed by atoms with Gasteiger partial charge in [-0.15, -0.1) is 0 Å². The number of ether oxygens (including phenoxy) is 1. The fourth-order valence-corrected chi connectivity index (χ4v) is 3.44. The molecule has 0 bridgehead atoms. The standard InChI is InChI=1S/C16H15BrClNO/c17-14-9-12(18)4-5-13(14)16(19)11-3-6-15-10(8-11)2-1-7-20-15/h3-6,8-9,16H,1-2,7,19H2. The van der Waals surface area contributed by atoms with E-state index in [0.717, 1.165) is 40.8 Å². The average Bonchev–Trinajstić information content (AvgIpc) is 2.46. The fraction of sp³-hybridized carbons (Fsp3) is 0.250. The Morgan fingerprint density at radius 1 is 1.20 bits per heavy atom. The summed E-state index contributed by atoms with van der Waals surface area (Å²) in [6, 6.07) is 11.7. The zero-order valence-electron chi connectivity index (χ0n) is 10.9. The molecule has 0 saturated carbocycles. The Balaban J connectivity index is 1.95. The van der Waals surface area contributed by atoms with E-state index in [2.05, 4.69) is 22.0 Å². The van der Waals surface area contributed by atoms with Crippen molar-refractivity contribution in [2.75, 3.05) is 6.61 Å². The van der Waals surface area contributed by atoms with Crippen LogP contribution in [0.1, 0.15) is 29.2 Å². The summed E-state index contributed by atoms with van der Waals surface area (Å²) >= 11 is 9.51. The second-order valence-electron chi connectivity index (χ2n) is 4.96. The molecule has 1 heterocycles. The molecule has 104 valence electrons. The summed E-state index contributed by atoms with van der Waals surface area (Å²) in [4.78, 5) is 0. The molecule has 0 spiro atoms. The van der Waals surface area contributed by atoms with Crippen molar-refractivity contribution in [2.45, 2.75) is 18.9 Å². The summed E-state index contributed by atoms with van der Waals surface area (Å²) in [6.07, 6.45) is 2.12. The molecule has 1 atom stereocenters. The largest absolute Gasteiger partial charge is 0.493 e. The van der Waals surface area contributed by atoms with Gasteiger partial charge in [-0.2, -0.15) is 0 Å². The van der Waals surface area contributed by atoms with Crippen molar-refractivity contribution < 1.29 is 4.74 Å². The zero-order chi connectivity index (χ0) is 14.1. The Bertz CT molecular complexity index is 644. The molecule has 1 unspecified atom stereocenters. The summed E-state index contributed by atoms with van der Waals surface area (Å²) in [5.74, 6) is 0.988. The van der Waals surface area contributed by atoms with E-state index in [4.69, 9.17) is 22.1 Å². The lowest BCUT2D eigenvalue weighted by Crippen LogP contribution is -2.14. The highest BCUT2D eigenvalue weighted by Crippen LogP contribution is 2.32. The highest BCUT2D eigenvalue weighted by molar-refractivity contribution is 9.10. The van der Waals surface area contributed by atoms with Crippen LogP contribution in [0.4, 0.5) is 0 Å². The van der Waals surface area contributed by atoms with Crippen LogP contribution in [-0.2, 0) is 6.42 Å². The number of hydrogen-bond donors (Lipinski definition) is 1. The first-order valence-corrected chi connectivity index (χ1v) is 7.78. The van der Waals surface area contributed by atoms with E-state index in [9.17, 15) is 0 Å². The number of fused-ring (bicyclic) bond motifs is 1. The summed E-state index contributed by atoms with van der Waals surface area (Å²) in [5, 5.41) is 0.701. The Labute approximate surface area is 132 Å². The van der Waals surface area contributed by atoms with Crippen LogP contribution < -0.4 is 10.5 Å². The monoisotopic (exact) mass is 351 g/mol. The van der Waals surface area contributed by atoms with Crippen molar-refractivity contribution >= 4 is 27.5 Å². The minimum Gasteiger partial charge on any atom is -0.493 e. The van der Waals surface area contributed by atoms with Crippen LogP contribution in [0.2, 0.25) is 5.02 Å². The van der Waals surface area contributed by atoms with Crippen LogP contribution in [0, 0.1) is 0 Å². The highest BCUT2D eigenvalue weighted by atomic mass is 79.9. The molecular weight excluding hydrogens is 338 g/mol. The quantitative estimate of drug-likeness (QED) is 0.865. The number of nitrogens with two attached hydrogens (primary N) is 1. The third kappa shape index (κ3) is 2.71. The van der Waals surface area contributed by atoms with Crippen LogP contribution in [0.15, 0.2) is 40.9 Å². The molecular formula is C16H15BrClNO. The molecule has 0 aliphatic carbocycles. The van der Waals surface area contributed by atoms with Gasteiger partial charge in [-0.25, -0.2) is 0 Å². The summed E-state index contributed by atoms with van der Waals surface area (Å²) < 4.78 is 6.57. The Morgan fingerprint density at radius 3 is 2.85 bits per heavy atom. The van der Waals surface area contributed by atoms with Gasteiger partial charge in [-0.05, 0) is 47.7 Å². The van der Waals surface area contributed by atoms with Crippen molar-refractivity contribution in [2.24, 2.45) is 5.73 Å². The van der Waals surface area contributed by atoms with Gasteiger partial charge in [0.05, 0.1) is 12.6 Å². The molecule has 2 aromatic rings. The third-order valence-electron chi connectivity index (χ3n) is 3.59. The zero-order valence-corrected chi connectivity index (χ0v) is 13.2. The van der Waals surface area contributed by atoms with E-state index in [1.54, 1.807) is 0 Å². The topological polar surface area (TPSA) is 35.2 Å². The number of hydrogen-bond acceptors (Lipinski definition) is 2. The van der Waals surface area contributed by atoms with E-state index < -0.39 is 0 Å². The van der Waals surface area contributed by atoms with Gasteiger partial charge in [0.25, 0.3) is 0 Å². The molecule has 0 amide bonds. The summed E-state index contributed by atoms with van der Waals surface area (Å²) in [7, 11) is 0. The molecule has 0 fully saturated rings. The molecule has 0 saturated heterocycles. The maximum Gasteiger partial charge on any atom is 0.122 e. The Hall–Kier alpha value is -1.03. The molecule has 0 radical (unpaired) electrons. The SMILES string of the molecule is NC(c1ccc2c(c1)CCCO2)c1ccc(Cl)cc1Br. The van der Waals surface area contributed by atoms with Gasteiger partial charge in [-0.1, -0.05) is 45.7 Å². The fourth-order valence-electron chi connectivity index (χ4n) is 2.51. The molecule has 2 nitrogen and oxygen atoms in total. The van der Waals surface area contributed by atoms with Crippen molar-refractivity contribution in [3.05, 3.63) is 62.6 Å². The predicted molar refractivity (Wildman–Crippen MR) is 85.4 cm³/mol. The van der Waals surface area contributed by atoms with Crippen molar-refractivity contribution in [1.82, 2.24) is 0 Å². The van der Waals surface area contributed by atoms with Crippen LogP contribution in [-0.4, -0.2) is 6.61 Å². The highest BCUT2D eigenvalue weighted by Gasteiger charge is 2.16. The minimum atomic E-state index is -0.172. The van der Waals surface area contributed by atoms with Crippen LogP contribution in [0.25, 0.3) is 0 Å². The van der Waals surface area contributed by atoms with Gasteiger partial charge >= 0.3 is 0 Å². The first kappa shape index (κ1) is 13.9. The van der Waals surface area contributed by atoms with Crippen LogP contribution >= 0.6 is 27.5 Å². The lowest BCUT2D eigenvalue weighted by atomic mass is 9.95. The number of halogens is 2. The van der Waals surface area contributed by atoms with Gasteiger partial charge < -0.3 is 10.5 Å². The van der Waals surface area contributed by atoms with Crippen molar-refractivity contribution in [3.8, 4) is 5.75 Å². The number of benzene rings is 2. The molecule has 0 aromatic heterocycles. The molecule has 2 N–H and O–H groups in total. The predicted octanol–water partition coefficient (Wildman–Crippen LogP) is 4.48. The molecule has 2 aromatic carbocycles. The van der Waals surface area contributed by atoms with Crippen LogP contribution in [0.3, 0.4) is 0 Å². The molecule has 3 rings (SSSR count). The minimum absolute atomic E-state index is 0.172. The molecule has 1 aliphatic heterocycles. The third-order valence-corrected chi connectivity index (χ3v) is 4.51. The second-order valence-corrected chi connectivity index (χ2v) is 6.25. The first-order chi connectivity index (χ1) is 9.65. The van der Waals surface area contributed by atoms with Gasteiger partial charge in [0.15, 0.2) is 0 Å². The van der Waals surface area contributed by atoms with Gasteiger partial charge in [-0.3, -0.25) is 0 Å². The lowest BCUT2D eigenvalue weighted by molar-refractivity contribution is 0.288. The average molecular weight is 353 g/mol. The van der Waals surface area contributed by atoms with Crippen LogP contribution in [0.5, 0.6) is 5.75 Å². The van der Waals surface area contributed by atoms with E-state index in [1.165, 1.54) is 5.56 Å². The molecule has 4 heteroatoms. The summed E-state index contributed by atoms with van der Waals surface area (Å²) in [5.41, 5.74) is 9.76. The Morgan fingerprint density at radius 2 is 2.05 bits per heavy atom. The molecule has 1 aliphatic rings. The molecule has 20 heavy (non-hydrogen) atoms. The van der Waals surface area contributed by atoms with E-state index in [0.29, 0.717) is 5.02 Å². The second kappa shape index (κ2) is 5.76. The first-order valence-electron chi connectivity index (χ1n) is 6.61. The van der Waals surface area contributed by atoms with E-state index >= 15 is 0 Å². The Kier molecular flexibility index (Phi) is 4.01.